The number of sulfonamides is 1. The average molecular weight is 489 g/mol. The third-order valence-corrected chi connectivity index (χ3v) is 9.13. The summed E-state index contributed by atoms with van der Waals surface area (Å²) >= 11 is 3.01. The predicted molar refractivity (Wildman–Crippen MR) is 128 cm³/mol. The Bertz CT molecular complexity index is 1190. The summed E-state index contributed by atoms with van der Waals surface area (Å²) in [5.74, 6) is 0.668. The molecule has 0 aliphatic carbocycles. The molecule has 0 spiro atoms. The summed E-state index contributed by atoms with van der Waals surface area (Å²) in [6.45, 7) is 3.24. The first-order valence-corrected chi connectivity index (χ1v) is 13.6. The highest BCUT2D eigenvalue weighted by molar-refractivity contribution is 8.00. The molecule has 3 aromatic rings. The minimum Gasteiger partial charge on any atom is -0.353 e. The van der Waals surface area contributed by atoms with Gasteiger partial charge in [-0.1, -0.05) is 52.9 Å². The van der Waals surface area contributed by atoms with Gasteiger partial charge < -0.3 is 5.32 Å². The van der Waals surface area contributed by atoms with Gasteiger partial charge >= 0.3 is 0 Å². The Morgan fingerprint density at radius 2 is 1.88 bits per heavy atom. The number of anilines is 1. The fourth-order valence-corrected chi connectivity index (χ4v) is 6.64. The lowest BCUT2D eigenvalue weighted by Gasteiger charge is -2.15. The minimum atomic E-state index is -3.47. The lowest BCUT2D eigenvalue weighted by atomic mass is 10.1. The van der Waals surface area contributed by atoms with Crippen LogP contribution in [-0.2, 0) is 15.8 Å². The van der Waals surface area contributed by atoms with Crippen LogP contribution in [0.1, 0.15) is 34.3 Å². The SMILES string of the molecule is Cc1cccc(CSc2nnc(NCC(=O)c3ccc(S(=O)(=O)N4CCCC4)cc3)s2)c1. The van der Waals surface area contributed by atoms with E-state index in [1.54, 1.807) is 23.9 Å². The Labute approximate surface area is 196 Å². The van der Waals surface area contributed by atoms with Crippen LogP contribution in [0.5, 0.6) is 0 Å². The molecule has 0 unspecified atom stereocenters. The van der Waals surface area contributed by atoms with Crippen LogP contribution in [0.3, 0.4) is 0 Å². The molecule has 0 amide bonds. The molecule has 1 N–H and O–H groups in total. The monoisotopic (exact) mass is 488 g/mol. The van der Waals surface area contributed by atoms with E-state index in [0.717, 1.165) is 22.9 Å². The second-order valence-electron chi connectivity index (χ2n) is 7.56. The highest BCUT2D eigenvalue weighted by Gasteiger charge is 2.27. The van der Waals surface area contributed by atoms with Gasteiger partial charge in [0.05, 0.1) is 11.4 Å². The molecular weight excluding hydrogens is 464 g/mol. The number of benzene rings is 2. The third-order valence-electron chi connectivity index (χ3n) is 5.13. The zero-order valence-corrected chi connectivity index (χ0v) is 20.1. The molecule has 0 radical (unpaired) electrons. The van der Waals surface area contributed by atoms with E-state index in [9.17, 15) is 13.2 Å². The quantitative estimate of drug-likeness (QED) is 0.356. The average Bonchev–Trinajstić information content (AvgIpc) is 3.49. The molecule has 1 fully saturated rings. The van der Waals surface area contributed by atoms with E-state index in [-0.39, 0.29) is 17.2 Å². The van der Waals surface area contributed by atoms with Crippen LogP contribution in [-0.4, -0.2) is 48.3 Å². The Kier molecular flexibility index (Phi) is 7.24. The van der Waals surface area contributed by atoms with Gasteiger partial charge in [-0.15, -0.1) is 10.2 Å². The fourth-order valence-electron chi connectivity index (χ4n) is 3.43. The van der Waals surface area contributed by atoms with Gasteiger partial charge in [-0.2, -0.15) is 4.31 Å². The number of Topliss-reactive ketones (excluding diaryl/α,β-unsaturated/α-hetero) is 1. The van der Waals surface area contributed by atoms with Crippen molar-refractivity contribution in [1.29, 1.82) is 0 Å². The molecule has 1 saturated heterocycles. The Balaban J connectivity index is 1.30. The van der Waals surface area contributed by atoms with Crippen molar-refractivity contribution in [1.82, 2.24) is 14.5 Å². The van der Waals surface area contributed by atoms with E-state index in [4.69, 9.17) is 0 Å². The van der Waals surface area contributed by atoms with Gasteiger partial charge in [-0.3, -0.25) is 4.79 Å². The van der Waals surface area contributed by atoms with E-state index in [0.29, 0.717) is 23.8 Å². The molecule has 2 heterocycles. The van der Waals surface area contributed by atoms with Crippen LogP contribution in [0.4, 0.5) is 5.13 Å². The summed E-state index contributed by atoms with van der Waals surface area (Å²) in [6.07, 6.45) is 1.78. The van der Waals surface area contributed by atoms with Crippen molar-refractivity contribution in [2.45, 2.75) is 34.8 Å². The van der Waals surface area contributed by atoms with Gasteiger partial charge in [0.25, 0.3) is 0 Å². The van der Waals surface area contributed by atoms with Gasteiger partial charge in [0.2, 0.25) is 15.2 Å². The van der Waals surface area contributed by atoms with Crippen molar-refractivity contribution in [2.75, 3.05) is 25.0 Å². The molecule has 0 saturated carbocycles. The summed E-state index contributed by atoms with van der Waals surface area (Å²) in [7, 11) is -3.47. The Morgan fingerprint density at radius 1 is 1.12 bits per heavy atom. The zero-order chi connectivity index (χ0) is 22.6. The minimum absolute atomic E-state index is 0.0649. The van der Waals surface area contributed by atoms with Crippen molar-refractivity contribution in [3.8, 4) is 0 Å². The first kappa shape index (κ1) is 22.9. The maximum Gasteiger partial charge on any atom is 0.243 e. The molecular formula is C22H24N4O3S3. The van der Waals surface area contributed by atoms with Crippen LogP contribution in [0, 0.1) is 6.92 Å². The van der Waals surface area contributed by atoms with Crippen LogP contribution in [0.2, 0.25) is 0 Å². The third kappa shape index (κ3) is 5.55. The van der Waals surface area contributed by atoms with Crippen LogP contribution < -0.4 is 5.32 Å². The predicted octanol–water partition coefficient (Wildman–Crippen LogP) is 4.22. The number of ketones is 1. The molecule has 1 aliphatic rings. The van der Waals surface area contributed by atoms with Crippen molar-refractivity contribution >= 4 is 44.0 Å². The van der Waals surface area contributed by atoms with E-state index >= 15 is 0 Å². The zero-order valence-electron chi connectivity index (χ0n) is 17.7. The number of hydrogen-bond acceptors (Lipinski definition) is 8. The second-order valence-corrected chi connectivity index (χ2v) is 11.7. The summed E-state index contributed by atoms with van der Waals surface area (Å²) in [4.78, 5) is 12.7. The highest BCUT2D eigenvalue weighted by Crippen LogP contribution is 2.28. The van der Waals surface area contributed by atoms with Crippen molar-refractivity contribution in [3.05, 3.63) is 65.2 Å². The Hall–Kier alpha value is -2.27. The summed E-state index contributed by atoms with van der Waals surface area (Å²) in [5.41, 5.74) is 2.91. The van der Waals surface area contributed by atoms with E-state index < -0.39 is 10.0 Å². The second kappa shape index (κ2) is 10.1. The standard InChI is InChI=1S/C22H24N4O3S3/c1-16-5-4-6-17(13-16)15-30-22-25-24-21(31-22)23-14-20(27)18-7-9-19(10-8-18)32(28,29)26-11-2-3-12-26/h4-10,13H,2-3,11-12,14-15H2,1H3,(H,23,24). The topological polar surface area (TPSA) is 92.3 Å². The van der Waals surface area contributed by atoms with Gasteiger partial charge in [-0.25, -0.2) is 8.42 Å². The van der Waals surface area contributed by atoms with Crippen LogP contribution in [0.15, 0.2) is 57.8 Å². The van der Waals surface area contributed by atoms with Crippen molar-refractivity contribution < 1.29 is 13.2 Å². The molecule has 7 nitrogen and oxygen atoms in total. The van der Waals surface area contributed by atoms with E-state index in [1.165, 1.54) is 38.9 Å². The van der Waals surface area contributed by atoms with Gasteiger partial charge in [0.1, 0.15) is 0 Å². The van der Waals surface area contributed by atoms with Gasteiger partial charge in [0.15, 0.2) is 10.1 Å². The molecule has 1 aromatic heterocycles. The molecule has 1 aliphatic heterocycles. The number of nitrogens with zero attached hydrogens (tertiary/aromatic N) is 3. The summed E-state index contributed by atoms with van der Waals surface area (Å²) in [5, 5.41) is 11.9. The molecule has 168 valence electrons. The molecule has 0 atom stereocenters. The summed E-state index contributed by atoms with van der Waals surface area (Å²) in [6, 6.07) is 14.5. The first-order chi connectivity index (χ1) is 15.4. The van der Waals surface area contributed by atoms with Crippen molar-refractivity contribution in [3.63, 3.8) is 0 Å². The molecule has 10 heteroatoms. The fraction of sp³-hybridized carbons (Fsp3) is 0.318. The molecule has 32 heavy (non-hydrogen) atoms. The number of nitrogens with one attached hydrogen (secondary N) is 1. The van der Waals surface area contributed by atoms with E-state index in [2.05, 4.69) is 40.6 Å². The molecule has 0 bridgehead atoms. The molecule has 2 aromatic carbocycles. The maximum absolute atomic E-state index is 12.6. The van der Waals surface area contributed by atoms with E-state index in [1.807, 2.05) is 6.07 Å². The lowest BCUT2D eigenvalue weighted by molar-refractivity contribution is 0.101. The number of rotatable bonds is 9. The number of aryl methyl sites for hydroxylation is 1. The first-order valence-electron chi connectivity index (χ1n) is 10.3. The largest absolute Gasteiger partial charge is 0.353 e. The smallest absolute Gasteiger partial charge is 0.243 e. The number of carbonyl (C=O) groups is 1. The van der Waals surface area contributed by atoms with Gasteiger partial charge in [0, 0.05) is 24.4 Å². The number of thioether (sulfide) groups is 1. The van der Waals surface area contributed by atoms with Crippen LogP contribution in [0.25, 0.3) is 0 Å². The van der Waals surface area contributed by atoms with Gasteiger partial charge in [-0.05, 0) is 49.6 Å². The number of aromatic nitrogens is 2. The van der Waals surface area contributed by atoms with Crippen molar-refractivity contribution in [2.24, 2.45) is 0 Å². The highest BCUT2D eigenvalue weighted by atomic mass is 32.2. The lowest BCUT2D eigenvalue weighted by Crippen LogP contribution is -2.27. The Morgan fingerprint density at radius 3 is 2.59 bits per heavy atom. The number of carbonyl (C=O) groups excluding carboxylic acids is 1. The van der Waals surface area contributed by atoms with Crippen LogP contribution >= 0.6 is 23.1 Å². The normalized spacial score (nSPS) is 14.5. The maximum atomic E-state index is 12.6. The number of hydrogen-bond donors (Lipinski definition) is 1. The molecule has 4 rings (SSSR count). The summed E-state index contributed by atoms with van der Waals surface area (Å²) < 4.78 is 27.5.